The van der Waals surface area contributed by atoms with Crippen molar-refractivity contribution in [3.8, 4) is 0 Å². The summed E-state index contributed by atoms with van der Waals surface area (Å²) in [5.74, 6) is 1.55. The molecule has 1 saturated heterocycles. The van der Waals surface area contributed by atoms with Crippen LogP contribution in [-0.2, 0) is 18.3 Å². The zero-order chi connectivity index (χ0) is 16.8. The molecule has 0 spiro atoms. The zero-order valence-electron chi connectivity index (χ0n) is 14.7. The van der Waals surface area contributed by atoms with E-state index in [1.54, 1.807) is 0 Å². The molecule has 0 amide bonds. The predicted molar refractivity (Wildman–Crippen MR) is 92.9 cm³/mol. The second-order valence-corrected chi connectivity index (χ2v) is 6.31. The molecule has 2 rings (SSSR count). The van der Waals surface area contributed by atoms with E-state index in [-0.39, 0.29) is 6.61 Å². The van der Waals surface area contributed by atoms with E-state index in [1.165, 1.54) is 11.4 Å². The van der Waals surface area contributed by atoms with Gasteiger partial charge >= 0.3 is 0 Å². The number of anilines is 1. The minimum Gasteiger partial charge on any atom is -0.395 e. The highest BCUT2D eigenvalue weighted by Crippen LogP contribution is 2.30. The van der Waals surface area contributed by atoms with Gasteiger partial charge in [-0.05, 0) is 5.92 Å². The third kappa shape index (κ3) is 4.34. The van der Waals surface area contributed by atoms with E-state index in [2.05, 4.69) is 30.2 Å². The van der Waals surface area contributed by atoms with Gasteiger partial charge in [0.15, 0.2) is 0 Å². The van der Waals surface area contributed by atoms with Crippen molar-refractivity contribution in [3.05, 3.63) is 23.9 Å². The van der Waals surface area contributed by atoms with Crippen LogP contribution in [0.2, 0.25) is 0 Å². The number of nitrogens with zero attached hydrogens (tertiary/aromatic N) is 4. The summed E-state index contributed by atoms with van der Waals surface area (Å²) in [6.07, 6.45) is 1.88. The lowest BCUT2D eigenvalue weighted by molar-refractivity contribution is 0.122. The summed E-state index contributed by atoms with van der Waals surface area (Å²) in [5.41, 5.74) is 2.40. The lowest BCUT2D eigenvalue weighted by atomic mass is 10.0. The summed E-state index contributed by atoms with van der Waals surface area (Å²) in [6, 6.07) is 0. The Hall–Kier alpha value is -1.37. The number of aliphatic hydroxyl groups excluding tert-OH is 1. The lowest BCUT2D eigenvalue weighted by Crippen LogP contribution is -2.38. The third-order valence-electron chi connectivity index (χ3n) is 4.19. The standard InChI is InChI=1S/C17H30N4O2/c1-5-6-20(7-10-22)13-15-16(14(2)3)18-19(4)17(15)21-8-11-23-12-9-21/h5,14,22H,1,6-13H2,2-4H3. The van der Waals surface area contributed by atoms with E-state index >= 15 is 0 Å². The number of ether oxygens (including phenoxy) is 1. The maximum atomic E-state index is 9.32. The fraction of sp³-hybridized carbons (Fsp3) is 0.706. The molecule has 2 heterocycles. The summed E-state index contributed by atoms with van der Waals surface area (Å²) in [4.78, 5) is 4.57. The summed E-state index contributed by atoms with van der Waals surface area (Å²) in [7, 11) is 2.02. The van der Waals surface area contributed by atoms with Crippen molar-refractivity contribution in [2.24, 2.45) is 7.05 Å². The molecule has 130 valence electrons. The first-order valence-corrected chi connectivity index (χ1v) is 8.41. The minimum atomic E-state index is 0.151. The van der Waals surface area contributed by atoms with Gasteiger partial charge < -0.3 is 14.7 Å². The molecular formula is C17H30N4O2. The number of aromatic nitrogens is 2. The molecule has 6 nitrogen and oxygen atoms in total. The van der Waals surface area contributed by atoms with Crippen LogP contribution in [0.4, 0.5) is 5.82 Å². The van der Waals surface area contributed by atoms with Gasteiger partial charge in [0.2, 0.25) is 0 Å². The molecule has 23 heavy (non-hydrogen) atoms. The van der Waals surface area contributed by atoms with E-state index in [0.29, 0.717) is 12.5 Å². The van der Waals surface area contributed by atoms with Gasteiger partial charge in [-0.1, -0.05) is 19.9 Å². The van der Waals surface area contributed by atoms with Crippen LogP contribution in [0.25, 0.3) is 0 Å². The molecule has 6 heteroatoms. The second-order valence-electron chi connectivity index (χ2n) is 6.31. The minimum absolute atomic E-state index is 0.151. The molecule has 1 aliphatic rings. The molecule has 1 fully saturated rings. The van der Waals surface area contributed by atoms with Crippen LogP contribution in [0, 0.1) is 0 Å². The highest BCUT2D eigenvalue weighted by Gasteiger charge is 2.25. The molecule has 1 aliphatic heterocycles. The quantitative estimate of drug-likeness (QED) is 0.733. The molecule has 0 radical (unpaired) electrons. The number of rotatable bonds is 8. The Labute approximate surface area is 139 Å². The Kier molecular flexibility index (Phi) is 6.62. The van der Waals surface area contributed by atoms with E-state index in [0.717, 1.165) is 45.1 Å². The largest absolute Gasteiger partial charge is 0.395 e. The van der Waals surface area contributed by atoms with Crippen LogP contribution < -0.4 is 4.90 Å². The first-order valence-electron chi connectivity index (χ1n) is 8.41. The summed E-state index contributed by atoms with van der Waals surface area (Å²) in [5, 5.41) is 14.1. The number of morpholine rings is 1. The fourth-order valence-electron chi connectivity index (χ4n) is 3.15. The van der Waals surface area contributed by atoms with Crippen molar-refractivity contribution in [1.29, 1.82) is 0 Å². The topological polar surface area (TPSA) is 53.8 Å². The van der Waals surface area contributed by atoms with Gasteiger partial charge in [0.25, 0.3) is 0 Å². The van der Waals surface area contributed by atoms with Gasteiger partial charge in [-0.15, -0.1) is 6.58 Å². The van der Waals surface area contributed by atoms with Gasteiger partial charge in [0, 0.05) is 45.3 Å². The SMILES string of the molecule is C=CCN(CCO)Cc1c(C(C)C)nn(C)c1N1CCOCC1. The fourth-order valence-corrected chi connectivity index (χ4v) is 3.15. The van der Waals surface area contributed by atoms with Gasteiger partial charge in [-0.3, -0.25) is 9.58 Å². The summed E-state index contributed by atoms with van der Waals surface area (Å²) < 4.78 is 7.49. The summed E-state index contributed by atoms with van der Waals surface area (Å²) >= 11 is 0. The Morgan fingerprint density at radius 2 is 2.09 bits per heavy atom. The molecule has 1 N–H and O–H groups in total. The van der Waals surface area contributed by atoms with Gasteiger partial charge in [-0.2, -0.15) is 5.10 Å². The van der Waals surface area contributed by atoms with Crippen molar-refractivity contribution < 1.29 is 9.84 Å². The average molecular weight is 322 g/mol. The van der Waals surface area contributed by atoms with Crippen molar-refractivity contribution in [2.75, 3.05) is 50.9 Å². The van der Waals surface area contributed by atoms with Crippen LogP contribution in [0.1, 0.15) is 31.0 Å². The van der Waals surface area contributed by atoms with Crippen molar-refractivity contribution in [3.63, 3.8) is 0 Å². The second kappa shape index (κ2) is 8.47. The first kappa shape index (κ1) is 18.0. The molecule has 0 unspecified atom stereocenters. The summed E-state index contributed by atoms with van der Waals surface area (Å²) in [6.45, 7) is 13.8. The maximum Gasteiger partial charge on any atom is 0.131 e. The van der Waals surface area contributed by atoms with Crippen LogP contribution in [0.3, 0.4) is 0 Å². The third-order valence-corrected chi connectivity index (χ3v) is 4.19. The molecule has 0 aromatic carbocycles. The molecular weight excluding hydrogens is 292 g/mol. The smallest absolute Gasteiger partial charge is 0.131 e. The molecule has 1 aromatic heterocycles. The van der Waals surface area contributed by atoms with Crippen LogP contribution in [0.15, 0.2) is 12.7 Å². The van der Waals surface area contributed by atoms with Crippen molar-refractivity contribution in [2.45, 2.75) is 26.3 Å². The highest BCUT2D eigenvalue weighted by atomic mass is 16.5. The Balaban J connectivity index is 2.34. The van der Waals surface area contributed by atoms with Gasteiger partial charge in [0.1, 0.15) is 5.82 Å². The Morgan fingerprint density at radius 1 is 1.39 bits per heavy atom. The number of aliphatic hydroxyl groups is 1. The van der Waals surface area contributed by atoms with E-state index in [9.17, 15) is 5.11 Å². The van der Waals surface area contributed by atoms with Crippen molar-refractivity contribution >= 4 is 5.82 Å². The van der Waals surface area contributed by atoms with E-state index < -0.39 is 0 Å². The van der Waals surface area contributed by atoms with Gasteiger partial charge in [-0.25, -0.2) is 0 Å². The Bertz CT molecular complexity index is 507. The maximum absolute atomic E-state index is 9.32. The average Bonchev–Trinajstić information content (AvgIpc) is 2.85. The first-order chi connectivity index (χ1) is 11.1. The number of aryl methyl sites for hydroxylation is 1. The lowest BCUT2D eigenvalue weighted by Gasteiger charge is -2.30. The zero-order valence-corrected chi connectivity index (χ0v) is 14.7. The van der Waals surface area contributed by atoms with E-state index in [4.69, 9.17) is 9.84 Å². The van der Waals surface area contributed by atoms with Crippen LogP contribution >= 0.6 is 0 Å². The predicted octanol–water partition coefficient (Wildman–Crippen LogP) is 1.36. The van der Waals surface area contributed by atoms with Crippen LogP contribution in [0.5, 0.6) is 0 Å². The Morgan fingerprint density at radius 3 is 2.65 bits per heavy atom. The van der Waals surface area contributed by atoms with Crippen LogP contribution in [-0.4, -0.2) is 65.8 Å². The van der Waals surface area contributed by atoms with Crippen molar-refractivity contribution in [1.82, 2.24) is 14.7 Å². The molecule has 0 atom stereocenters. The molecule has 0 bridgehead atoms. The molecule has 0 aliphatic carbocycles. The molecule has 1 aromatic rings. The molecule has 0 saturated carbocycles. The highest BCUT2D eigenvalue weighted by molar-refractivity contribution is 5.51. The monoisotopic (exact) mass is 322 g/mol. The number of hydrogen-bond donors (Lipinski definition) is 1. The number of hydrogen-bond acceptors (Lipinski definition) is 5. The normalized spacial score (nSPS) is 15.7. The van der Waals surface area contributed by atoms with Gasteiger partial charge in [0.05, 0.1) is 25.5 Å². The van der Waals surface area contributed by atoms with E-state index in [1.807, 2.05) is 17.8 Å².